The van der Waals surface area contributed by atoms with Crippen LogP contribution >= 0.6 is 0 Å². The Morgan fingerprint density at radius 3 is 2.55 bits per heavy atom. The summed E-state index contributed by atoms with van der Waals surface area (Å²) in [6, 6.07) is 11.5. The lowest BCUT2D eigenvalue weighted by atomic mass is 9.92. The smallest absolute Gasteiger partial charge is 0.306 e. The highest BCUT2D eigenvalue weighted by Crippen LogP contribution is 2.43. The lowest BCUT2D eigenvalue weighted by molar-refractivity contribution is -0.142. The van der Waals surface area contributed by atoms with Crippen LogP contribution in [0.5, 0.6) is 0 Å². The number of esters is 1. The van der Waals surface area contributed by atoms with Gasteiger partial charge in [0, 0.05) is 17.7 Å². The second kappa shape index (κ2) is 8.99. The monoisotopic (exact) mass is 423 g/mol. The number of nitrogens with zero attached hydrogens (tertiary/aromatic N) is 1. The van der Waals surface area contributed by atoms with E-state index in [0.717, 1.165) is 16.0 Å². The highest BCUT2D eigenvalue weighted by atomic mass is 16.5. The summed E-state index contributed by atoms with van der Waals surface area (Å²) in [7, 11) is 1.24. The van der Waals surface area contributed by atoms with Crippen LogP contribution in [0.3, 0.4) is 0 Å². The number of hydrogen-bond acceptors (Lipinski definition) is 6. The van der Waals surface area contributed by atoms with Crippen molar-refractivity contribution < 1.29 is 23.9 Å². The number of hydrogen-bond donors (Lipinski definition) is 2. The molecule has 3 N–H and O–H groups in total. The number of carbonyl (C=O) groups excluding carboxylic acids is 4. The van der Waals surface area contributed by atoms with E-state index in [9.17, 15) is 19.2 Å². The van der Waals surface area contributed by atoms with Crippen LogP contribution in [-0.4, -0.2) is 36.8 Å². The summed E-state index contributed by atoms with van der Waals surface area (Å²) in [5, 5.41) is 2.56. The van der Waals surface area contributed by atoms with Gasteiger partial charge >= 0.3 is 5.97 Å². The van der Waals surface area contributed by atoms with Gasteiger partial charge in [0.15, 0.2) is 0 Å². The molecule has 1 heterocycles. The predicted octanol–water partition coefficient (Wildman–Crippen LogP) is 2.37. The standard InChI is InChI=1S/C23H25N3O5/c1-13-15-7-4-5-8-16(15)21-17(24)9-6-10-18(21)26(22(13)29)23(30)14(2)25-19(27)11-12-20(28)31-3/h4-10,13-14H,11-12,24H2,1-3H3,(H,25,27)/t13?,14-/m0/s1. The van der Waals surface area contributed by atoms with Crippen molar-refractivity contribution in [2.75, 3.05) is 17.7 Å². The summed E-state index contributed by atoms with van der Waals surface area (Å²) in [6.45, 7) is 3.24. The minimum Gasteiger partial charge on any atom is -0.469 e. The molecule has 1 aliphatic rings. The van der Waals surface area contributed by atoms with E-state index in [1.54, 1.807) is 25.1 Å². The van der Waals surface area contributed by atoms with E-state index >= 15 is 0 Å². The summed E-state index contributed by atoms with van der Waals surface area (Å²) < 4.78 is 4.52. The van der Waals surface area contributed by atoms with Crippen LogP contribution in [0.1, 0.15) is 38.2 Å². The van der Waals surface area contributed by atoms with Crippen LogP contribution in [0, 0.1) is 0 Å². The van der Waals surface area contributed by atoms with Crippen LogP contribution in [0.15, 0.2) is 42.5 Å². The Labute approximate surface area is 180 Å². The van der Waals surface area contributed by atoms with Crippen molar-refractivity contribution >= 4 is 35.1 Å². The molecule has 1 aliphatic heterocycles. The zero-order valence-corrected chi connectivity index (χ0v) is 17.7. The highest BCUT2D eigenvalue weighted by molar-refractivity contribution is 6.22. The number of ether oxygens (including phenoxy) is 1. The van der Waals surface area contributed by atoms with Gasteiger partial charge < -0.3 is 15.8 Å². The van der Waals surface area contributed by atoms with Gasteiger partial charge in [-0.15, -0.1) is 0 Å². The highest BCUT2D eigenvalue weighted by Gasteiger charge is 2.37. The summed E-state index contributed by atoms with van der Waals surface area (Å²) in [4.78, 5) is 51.2. The molecule has 0 aromatic heterocycles. The Morgan fingerprint density at radius 2 is 1.84 bits per heavy atom. The molecule has 0 saturated carbocycles. The second-order valence-electron chi connectivity index (χ2n) is 7.43. The second-order valence-corrected chi connectivity index (χ2v) is 7.43. The van der Waals surface area contributed by atoms with Crippen LogP contribution in [0.4, 0.5) is 11.4 Å². The minimum absolute atomic E-state index is 0.0996. The Kier molecular flexibility index (Phi) is 6.39. The third-order valence-corrected chi connectivity index (χ3v) is 5.36. The molecule has 1 unspecified atom stereocenters. The van der Waals surface area contributed by atoms with Crippen LogP contribution in [0.2, 0.25) is 0 Å². The molecular weight excluding hydrogens is 398 g/mol. The van der Waals surface area contributed by atoms with Crippen molar-refractivity contribution in [1.82, 2.24) is 5.32 Å². The van der Waals surface area contributed by atoms with Crippen molar-refractivity contribution in [3.05, 3.63) is 48.0 Å². The SMILES string of the molecule is COC(=O)CCC(=O)N[C@@H](C)C(=O)N1C(=O)C(C)c2ccccc2-c2c(N)cccc21. The fourth-order valence-corrected chi connectivity index (χ4v) is 3.70. The van der Waals surface area contributed by atoms with Crippen molar-refractivity contribution in [2.24, 2.45) is 0 Å². The molecule has 0 bridgehead atoms. The molecule has 31 heavy (non-hydrogen) atoms. The molecule has 0 saturated heterocycles. The number of rotatable bonds is 5. The van der Waals surface area contributed by atoms with Crippen molar-refractivity contribution in [3.63, 3.8) is 0 Å². The lowest BCUT2D eigenvalue weighted by Crippen LogP contribution is -2.50. The number of imide groups is 1. The number of nitrogens with one attached hydrogen (secondary N) is 1. The Balaban J connectivity index is 1.95. The normalized spacial score (nSPS) is 15.9. The van der Waals surface area contributed by atoms with E-state index in [1.165, 1.54) is 14.0 Å². The number of fused-ring (bicyclic) bond motifs is 3. The fraction of sp³-hybridized carbons (Fsp3) is 0.304. The van der Waals surface area contributed by atoms with E-state index in [2.05, 4.69) is 10.1 Å². The van der Waals surface area contributed by atoms with Gasteiger partial charge in [-0.25, -0.2) is 4.90 Å². The first-order valence-electron chi connectivity index (χ1n) is 9.98. The molecular formula is C23H25N3O5. The maximum atomic E-state index is 13.4. The molecule has 2 aromatic rings. The fourth-order valence-electron chi connectivity index (χ4n) is 3.70. The first-order valence-corrected chi connectivity index (χ1v) is 9.98. The summed E-state index contributed by atoms with van der Waals surface area (Å²) in [6.07, 6.45) is -0.221. The average molecular weight is 423 g/mol. The van der Waals surface area contributed by atoms with Crippen molar-refractivity contribution in [2.45, 2.75) is 38.6 Å². The summed E-state index contributed by atoms with van der Waals surface area (Å²) >= 11 is 0. The van der Waals surface area contributed by atoms with E-state index in [1.807, 2.05) is 24.3 Å². The zero-order chi connectivity index (χ0) is 22.7. The van der Waals surface area contributed by atoms with Gasteiger partial charge in [-0.3, -0.25) is 19.2 Å². The van der Waals surface area contributed by atoms with Crippen molar-refractivity contribution in [3.8, 4) is 11.1 Å². The zero-order valence-electron chi connectivity index (χ0n) is 17.7. The summed E-state index contributed by atoms with van der Waals surface area (Å²) in [5.74, 6) is -2.58. The first kappa shape index (κ1) is 22.0. The lowest BCUT2D eigenvalue weighted by Gasteiger charge is -2.26. The number of nitrogen functional groups attached to an aromatic ring is 1. The predicted molar refractivity (Wildman–Crippen MR) is 116 cm³/mol. The number of benzene rings is 2. The number of nitrogens with two attached hydrogens (primary N) is 1. The van der Waals surface area contributed by atoms with E-state index < -0.39 is 35.7 Å². The van der Waals surface area contributed by atoms with Gasteiger partial charge in [-0.05, 0) is 37.1 Å². The Hall–Kier alpha value is -3.68. The number of methoxy groups -OCH3 is 1. The molecule has 2 atom stereocenters. The number of amides is 3. The minimum atomic E-state index is -0.989. The van der Waals surface area contributed by atoms with Gasteiger partial charge in [-0.2, -0.15) is 0 Å². The third-order valence-electron chi connectivity index (χ3n) is 5.36. The van der Waals surface area contributed by atoms with Gasteiger partial charge in [0.25, 0.3) is 5.91 Å². The number of anilines is 2. The Morgan fingerprint density at radius 1 is 1.13 bits per heavy atom. The molecule has 0 aliphatic carbocycles. The Bertz CT molecular complexity index is 1050. The van der Waals surface area contributed by atoms with Crippen LogP contribution < -0.4 is 16.0 Å². The van der Waals surface area contributed by atoms with Gasteiger partial charge in [0.2, 0.25) is 11.8 Å². The van der Waals surface area contributed by atoms with Gasteiger partial charge in [0.1, 0.15) is 6.04 Å². The van der Waals surface area contributed by atoms with E-state index in [4.69, 9.17) is 5.73 Å². The molecule has 0 fully saturated rings. The summed E-state index contributed by atoms with van der Waals surface area (Å²) in [5.41, 5.74) is 9.25. The van der Waals surface area contributed by atoms with Crippen LogP contribution in [0.25, 0.3) is 11.1 Å². The molecule has 162 valence electrons. The van der Waals surface area contributed by atoms with Gasteiger partial charge in [0.05, 0.1) is 25.1 Å². The average Bonchev–Trinajstić information content (AvgIpc) is 2.85. The quantitative estimate of drug-likeness (QED) is 0.563. The van der Waals surface area contributed by atoms with Crippen molar-refractivity contribution in [1.29, 1.82) is 0 Å². The number of carbonyl (C=O) groups is 4. The molecule has 8 nitrogen and oxygen atoms in total. The van der Waals surface area contributed by atoms with Crippen LogP contribution in [-0.2, 0) is 23.9 Å². The molecule has 3 amide bonds. The topological polar surface area (TPSA) is 119 Å². The molecule has 0 radical (unpaired) electrons. The maximum Gasteiger partial charge on any atom is 0.306 e. The molecule has 0 spiro atoms. The maximum absolute atomic E-state index is 13.4. The third kappa shape index (κ3) is 4.28. The van der Waals surface area contributed by atoms with E-state index in [-0.39, 0.29) is 12.8 Å². The molecule has 2 aromatic carbocycles. The first-order chi connectivity index (χ1) is 14.8. The molecule has 3 rings (SSSR count). The van der Waals surface area contributed by atoms with E-state index in [0.29, 0.717) is 16.9 Å². The largest absolute Gasteiger partial charge is 0.469 e. The van der Waals surface area contributed by atoms with Gasteiger partial charge in [-0.1, -0.05) is 30.3 Å². The molecule has 8 heteroatoms.